The fraction of sp³-hybridized carbons (Fsp3) is 0.250. The first kappa shape index (κ1) is 13.1. The Balaban J connectivity index is 1.96. The van der Waals surface area contributed by atoms with Crippen LogP contribution in [0.15, 0.2) is 29.2 Å². The highest BCUT2D eigenvalue weighted by Crippen LogP contribution is 2.23. The molecule has 1 heterocycles. The summed E-state index contributed by atoms with van der Waals surface area (Å²) in [6.07, 6.45) is 1.67. The van der Waals surface area contributed by atoms with E-state index in [0.29, 0.717) is 34.5 Å². The van der Waals surface area contributed by atoms with E-state index < -0.39 is 0 Å². The van der Waals surface area contributed by atoms with E-state index in [0.717, 1.165) is 0 Å². The van der Waals surface area contributed by atoms with E-state index >= 15 is 0 Å². The van der Waals surface area contributed by atoms with Gasteiger partial charge in [0, 0.05) is 21.8 Å². The molecule has 4 nitrogen and oxygen atoms in total. The van der Waals surface area contributed by atoms with E-state index in [2.05, 4.69) is 5.10 Å². The molecule has 0 aliphatic heterocycles. The molecule has 1 aromatic carbocycles. The van der Waals surface area contributed by atoms with E-state index in [1.807, 2.05) is 0 Å². The first-order valence-electron chi connectivity index (χ1n) is 5.40. The second kappa shape index (κ2) is 5.50. The van der Waals surface area contributed by atoms with Gasteiger partial charge in [0.1, 0.15) is 12.4 Å². The van der Waals surface area contributed by atoms with E-state index in [9.17, 15) is 4.79 Å². The first-order chi connectivity index (χ1) is 8.56. The largest absolute Gasteiger partial charge is 0.492 e. The van der Waals surface area contributed by atoms with Crippen molar-refractivity contribution in [3.63, 3.8) is 0 Å². The van der Waals surface area contributed by atoms with Gasteiger partial charge in [-0.2, -0.15) is 0 Å². The molecule has 0 saturated heterocycles. The molecule has 0 spiro atoms. The molecular weight excluding hydrogens is 275 g/mol. The van der Waals surface area contributed by atoms with Gasteiger partial charge >= 0.3 is 0 Å². The van der Waals surface area contributed by atoms with Crippen LogP contribution in [0.3, 0.4) is 0 Å². The van der Waals surface area contributed by atoms with Gasteiger partial charge < -0.3 is 9.84 Å². The van der Waals surface area contributed by atoms with E-state index in [-0.39, 0.29) is 5.56 Å². The van der Waals surface area contributed by atoms with E-state index in [1.54, 1.807) is 31.3 Å². The van der Waals surface area contributed by atoms with Gasteiger partial charge in [0.05, 0.1) is 6.54 Å². The number of aromatic amines is 1. The summed E-state index contributed by atoms with van der Waals surface area (Å²) in [5.41, 5.74) is 0.642. The monoisotopic (exact) mass is 286 g/mol. The van der Waals surface area contributed by atoms with Gasteiger partial charge in [-0.15, -0.1) is 0 Å². The van der Waals surface area contributed by atoms with Crippen LogP contribution < -0.4 is 10.3 Å². The van der Waals surface area contributed by atoms with E-state index in [1.165, 1.54) is 4.68 Å². The summed E-state index contributed by atoms with van der Waals surface area (Å²) in [5.74, 6) is 0.587. The Kier molecular flexibility index (Phi) is 3.99. The van der Waals surface area contributed by atoms with Gasteiger partial charge in [0.2, 0.25) is 0 Å². The van der Waals surface area contributed by atoms with Crippen LogP contribution in [0, 0.1) is 6.92 Å². The van der Waals surface area contributed by atoms with Crippen LogP contribution in [0.1, 0.15) is 5.56 Å². The van der Waals surface area contributed by atoms with Crippen molar-refractivity contribution >= 4 is 23.2 Å². The minimum atomic E-state index is -0.0391. The van der Waals surface area contributed by atoms with Crippen LogP contribution in [0.5, 0.6) is 5.75 Å². The van der Waals surface area contributed by atoms with Crippen molar-refractivity contribution in [1.82, 2.24) is 9.78 Å². The number of nitrogens with one attached hydrogen (secondary N) is 1. The maximum atomic E-state index is 11.6. The summed E-state index contributed by atoms with van der Waals surface area (Å²) in [6, 6.07) is 4.99. The lowest BCUT2D eigenvalue weighted by Gasteiger charge is -2.07. The molecule has 0 radical (unpaired) electrons. The third-order valence-electron chi connectivity index (χ3n) is 2.44. The summed E-state index contributed by atoms with van der Waals surface area (Å²) in [4.78, 5) is 11.6. The molecule has 0 amide bonds. The van der Waals surface area contributed by atoms with Crippen molar-refractivity contribution < 1.29 is 4.74 Å². The summed E-state index contributed by atoms with van der Waals surface area (Å²) < 4.78 is 6.97. The normalized spacial score (nSPS) is 10.6. The molecule has 0 unspecified atom stereocenters. The molecule has 0 bridgehead atoms. The highest BCUT2D eigenvalue weighted by atomic mass is 35.5. The van der Waals surface area contributed by atoms with Gasteiger partial charge in [0.25, 0.3) is 5.56 Å². The van der Waals surface area contributed by atoms with Gasteiger partial charge in [-0.05, 0) is 25.1 Å². The number of benzene rings is 1. The quantitative estimate of drug-likeness (QED) is 0.940. The lowest BCUT2D eigenvalue weighted by Crippen LogP contribution is -2.21. The van der Waals surface area contributed by atoms with Crippen LogP contribution in [-0.2, 0) is 6.54 Å². The van der Waals surface area contributed by atoms with Crippen molar-refractivity contribution in [2.24, 2.45) is 0 Å². The van der Waals surface area contributed by atoms with Crippen molar-refractivity contribution in [2.75, 3.05) is 6.61 Å². The Labute approximate surface area is 114 Å². The highest BCUT2D eigenvalue weighted by molar-refractivity contribution is 6.34. The predicted octanol–water partition coefficient (Wildman–Crippen LogP) is 2.87. The number of aryl methyl sites for hydroxylation is 1. The Bertz CT molecular complexity index is 584. The van der Waals surface area contributed by atoms with Crippen molar-refractivity contribution in [2.45, 2.75) is 13.5 Å². The minimum absolute atomic E-state index is 0.0391. The number of hydrogen-bond acceptors (Lipinski definition) is 2. The van der Waals surface area contributed by atoms with Crippen LogP contribution in [-0.4, -0.2) is 16.4 Å². The minimum Gasteiger partial charge on any atom is -0.492 e. The summed E-state index contributed by atoms with van der Waals surface area (Å²) in [7, 11) is 0. The zero-order valence-electron chi connectivity index (χ0n) is 9.74. The fourth-order valence-electron chi connectivity index (χ4n) is 1.54. The standard InChI is InChI=1S/C12H12Cl2N2O2/c1-8-7-15-16(12(8)17)2-3-18-11-5-9(13)4-10(14)6-11/h4-7,15H,2-3H2,1H3. The number of H-pyrrole nitrogens is 1. The molecule has 0 aliphatic rings. The molecule has 0 aliphatic carbocycles. The fourth-order valence-corrected chi connectivity index (χ4v) is 2.05. The Morgan fingerprint density at radius 2 is 1.94 bits per heavy atom. The smallest absolute Gasteiger partial charge is 0.269 e. The first-order valence-corrected chi connectivity index (χ1v) is 6.15. The van der Waals surface area contributed by atoms with Crippen molar-refractivity contribution in [3.8, 4) is 5.75 Å². The van der Waals surface area contributed by atoms with Gasteiger partial charge in [-0.1, -0.05) is 23.2 Å². The number of hydrogen-bond donors (Lipinski definition) is 1. The van der Waals surface area contributed by atoms with Crippen LogP contribution in [0.2, 0.25) is 10.0 Å². The molecular formula is C12H12Cl2N2O2. The molecule has 96 valence electrons. The molecule has 2 aromatic rings. The number of aromatic nitrogens is 2. The average Bonchev–Trinajstić information content (AvgIpc) is 2.59. The zero-order valence-corrected chi connectivity index (χ0v) is 11.3. The van der Waals surface area contributed by atoms with Crippen molar-refractivity contribution in [1.29, 1.82) is 0 Å². The SMILES string of the molecule is Cc1c[nH]n(CCOc2cc(Cl)cc(Cl)c2)c1=O. The van der Waals surface area contributed by atoms with Crippen LogP contribution in [0.25, 0.3) is 0 Å². The molecule has 18 heavy (non-hydrogen) atoms. The topological polar surface area (TPSA) is 47.0 Å². The van der Waals surface area contributed by atoms with Crippen LogP contribution >= 0.6 is 23.2 Å². The van der Waals surface area contributed by atoms with Gasteiger partial charge in [-0.25, -0.2) is 4.68 Å². The number of ether oxygens (including phenoxy) is 1. The lowest BCUT2D eigenvalue weighted by atomic mass is 10.3. The molecule has 0 saturated carbocycles. The number of nitrogens with zero attached hydrogens (tertiary/aromatic N) is 1. The maximum Gasteiger partial charge on any atom is 0.269 e. The molecule has 1 aromatic heterocycles. The van der Waals surface area contributed by atoms with Crippen molar-refractivity contribution in [3.05, 3.63) is 50.4 Å². The zero-order chi connectivity index (χ0) is 13.1. The third-order valence-corrected chi connectivity index (χ3v) is 2.88. The van der Waals surface area contributed by atoms with Gasteiger partial charge in [0.15, 0.2) is 0 Å². The van der Waals surface area contributed by atoms with Gasteiger partial charge in [-0.3, -0.25) is 4.79 Å². The Morgan fingerprint density at radius 1 is 1.28 bits per heavy atom. The Hall–Kier alpha value is -1.39. The predicted molar refractivity (Wildman–Crippen MR) is 71.7 cm³/mol. The van der Waals surface area contributed by atoms with Crippen LogP contribution in [0.4, 0.5) is 0 Å². The lowest BCUT2D eigenvalue weighted by molar-refractivity contribution is 0.289. The molecule has 0 atom stereocenters. The summed E-state index contributed by atoms with van der Waals surface area (Å²) in [6.45, 7) is 2.56. The number of rotatable bonds is 4. The third kappa shape index (κ3) is 3.09. The second-order valence-electron chi connectivity index (χ2n) is 3.87. The average molecular weight is 287 g/mol. The van der Waals surface area contributed by atoms with E-state index in [4.69, 9.17) is 27.9 Å². The molecule has 6 heteroatoms. The molecule has 1 N–H and O–H groups in total. The Morgan fingerprint density at radius 3 is 2.50 bits per heavy atom. The maximum absolute atomic E-state index is 11.6. The molecule has 2 rings (SSSR count). The number of halogens is 2. The highest BCUT2D eigenvalue weighted by Gasteiger charge is 2.02. The summed E-state index contributed by atoms with van der Waals surface area (Å²) in [5, 5.41) is 3.89. The molecule has 0 fully saturated rings. The summed E-state index contributed by atoms with van der Waals surface area (Å²) >= 11 is 11.7. The second-order valence-corrected chi connectivity index (χ2v) is 4.74.